The van der Waals surface area contributed by atoms with Crippen molar-refractivity contribution in [3.8, 4) is 0 Å². The molecule has 0 aliphatic heterocycles. The first-order chi connectivity index (χ1) is 19.0. The van der Waals surface area contributed by atoms with Crippen LogP contribution in [0.25, 0.3) is 0 Å². The SMILES string of the molecule is CC(=NNC(=O)c1ccc(CN(Cc2ccccc2)S(=O)(=O)c2ccccc2)cc1)c1cccc(C(F)(F)F)c1. The number of benzene rings is 4. The Hall–Kier alpha value is -4.28. The van der Waals surface area contributed by atoms with E-state index in [0.29, 0.717) is 5.56 Å². The van der Waals surface area contributed by atoms with Gasteiger partial charge in [0.25, 0.3) is 5.91 Å². The van der Waals surface area contributed by atoms with Crippen molar-refractivity contribution in [1.29, 1.82) is 0 Å². The van der Waals surface area contributed by atoms with Gasteiger partial charge in [0.15, 0.2) is 0 Å². The molecule has 0 atom stereocenters. The third-order valence-electron chi connectivity index (χ3n) is 6.09. The highest BCUT2D eigenvalue weighted by Crippen LogP contribution is 2.29. The summed E-state index contributed by atoms with van der Waals surface area (Å²) in [6, 6.07) is 28.4. The lowest BCUT2D eigenvalue weighted by molar-refractivity contribution is -0.137. The number of hydrazone groups is 1. The number of nitrogens with zero attached hydrogens (tertiary/aromatic N) is 2. The van der Waals surface area contributed by atoms with Crippen LogP contribution >= 0.6 is 0 Å². The van der Waals surface area contributed by atoms with Gasteiger partial charge in [-0.05, 0) is 60.0 Å². The van der Waals surface area contributed by atoms with Crippen LogP contribution in [-0.2, 0) is 29.3 Å². The summed E-state index contributed by atoms with van der Waals surface area (Å²) in [6.07, 6.45) is -4.49. The zero-order chi connectivity index (χ0) is 28.8. The number of carbonyl (C=O) groups is 1. The fraction of sp³-hybridized carbons (Fsp3) is 0.133. The molecule has 0 saturated carbocycles. The first-order valence-electron chi connectivity index (χ1n) is 12.2. The second-order valence-corrected chi connectivity index (χ2v) is 10.9. The molecule has 0 heterocycles. The van der Waals surface area contributed by atoms with Crippen LogP contribution in [0.4, 0.5) is 13.2 Å². The smallest absolute Gasteiger partial charge is 0.267 e. The van der Waals surface area contributed by atoms with Gasteiger partial charge in [-0.15, -0.1) is 0 Å². The van der Waals surface area contributed by atoms with Crippen LogP contribution in [0.3, 0.4) is 0 Å². The molecule has 0 aliphatic carbocycles. The summed E-state index contributed by atoms with van der Waals surface area (Å²) in [7, 11) is -3.81. The molecular formula is C30H26F3N3O3S. The number of hydrogen-bond donors (Lipinski definition) is 1. The molecule has 0 bridgehead atoms. The van der Waals surface area contributed by atoms with E-state index in [1.807, 2.05) is 30.3 Å². The zero-order valence-corrected chi connectivity index (χ0v) is 22.3. The van der Waals surface area contributed by atoms with Gasteiger partial charge in [-0.3, -0.25) is 4.79 Å². The topological polar surface area (TPSA) is 78.8 Å². The molecule has 1 amide bonds. The van der Waals surface area contributed by atoms with E-state index in [4.69, 9.17) is 0 Å². The van der Waals surface area contributed by atoms with E-state index in [9.17, 15) is 26.4 Å². The average Bonchev–Trinajstić information content (AvgIpc) is 2.96. The molecule has 4 aromatic rings. The van der Waals surface area contributed by atoms with Gasteiger partial charge in [0.05, 0.1) is 16.2 Å². The minimum Gasteiger partial charge on any atom is -0.267 e. The van der Waals surface area contributed by atoms with Crippen molar-refractivity contribution in [3.63, 3.8) is 0 Å². The van der Waals surface area contributed by atoms with E-state index in [0.717, 1.165) is 17.7 Å². The number of amides is 1. The maximum Gasteiger partial charge on any atom is 0.416 e. The molecule has 1 N–H and O–H groups in total. The fourth-order valence-electron chi connectivity index (χ4n) is 3.90. The Morgan fingerprint density at radius 1 is 0.775 bits per heavy atom. The van der Waals surface area contributed by atoms with Crippen molar-refractivity contribution in [1.82, 2.24) is 9.73 Å². The molecule has 206 valence electrons. The Morgan fingerprint density at radius 3 is 1.95 bits per heavy atom. The van der Waals surface area contributed by atoms with E-state index in [-0.39, 0.29) is 34.8 Å². The first-order valence-corrected chi connectivity index (χ1v) is 13.7. The molecule has 40 heavy (non-hydrogen) atoms. The van der Waals surface area contributed by atoms with Crippen LogP contribution in [0.2, 0.25) is 0 Å². The van der Waals surface area contributed by atoms with Gasteiger partial charge >= 0.3 is 6.18 Å². The molecule has 0 saturated heterocycles. The minimum atomic E-state index is -4.49. The van der Waals surface area contributed by atoms with Crippen LogP contribution in [0.1, 0.15) is 39.5 Å². The molecule has 6 nitrogen and oxygen atoms in total. The van der Waals surface area contributed by atoms with Gasteiger partial charge in [0.2, 0.25) is 10.0 Å². The third kappa shape index (κ3) is 7.22. The number of halogens is 3. The average molecular weight is 566 g/mol. The van der Waals surface area contributed by atoms with Crippen molar-refractivity contribution < 1.29 is 26.4 Å². The Labute approximate surface area is 230 Å². The zero-order valence-electron chi connectivity index (χ0n) is 21.5. The van der Waals surface area contributed by atoms with Crippen LogP contribution in [0, 0.1) is 0 Å². The van der Waals surface area contributed by atoms with Gasteiger partial charge in [0, 0.05) is 18.7 Å². The summed E-state index contributed by atoms with van der Waals surface area (Å²) >= 11 is 0. The summed E-state index contributed by atoms with van der Waals surface area (Å²) in [4.78, 5) is 12.8. The minimum absolute atomic E-state index is 0.0703. The van der Waals surface area contributed by atoms with E-state index in [1.165, 1.54) is 35.5 Å². The molecule has 0 radical (unpaired) electrons. The highest BCUT2D eigenvalue weighted by Gasteiger charge is 2.30. The van der Waals surface area contributed by atoms with Gasteiger partial charge in [-0.2, -0.15) is 22.6 Å². The summed E-state index contributed by atoms with van der Waals surface area (Å²) in [6.45, 7) is 1.72. The number of alkyl halides is 3. The molecule has 10 heteroatoms. The van der Waals surface area contributed by atoms with Crippen molar-refractivity contribution in [3.05, 3.63) is 137 Å². The van der Waals surface area contributed by atoms with E-state index in [1.54, 1.807) is 42.5 Å². The van der Waals surface area contributed by atoms with Gasteiger partial charge < -0.3 is 0 Å². The van der Waals surface area contributed by atoms with Gasteiger partial charge in [-0.1, -0.05) is 72.8 Å². The molecule has 4 rings (SSSR count). The normalized spacial score (nSPS) is 12.4. The second kappa shape index (κ2) is 12.3. The molecule has 4 aromatic carbocycles. The Balaban J connectivity index is 1.49. The van der Waals surface area contributed by atoms with E-state index in [2.05, 4.69) is 10.5 Å². The summed E-state index contributed by atoms with van der Waals surface area (Å²) in [5, 5.41) is 3.94. The largest absolute Gasteiger partial charge is 0.416 e. The highest BCUT2D eigenvalue weighted by molar-refractivity contribution is 7.89. The number of sulfonamides is 1. The van der Waals surface area contributed by atoms with Crippen molar-refractivity contribution in [2.75, 3.05) is 0 Å². The maximum absolute atomic E-state index is 13.4. The standard InChI is InChI=1S/C30H26F3N3O3S/c1-22(26-11-8-12-27(19-26)30(31,32)33)34-35-29(37)25-17-15-24(16-18-25)21-36(20-23-9-4-2-5-10-23)40(38,39)28-13-6-3-7-14-28/h2-19H,20-21H2,1H3,(H,35,37). The van der Waals surface area contributed by atoms with E-state index < -0.39 is 27.7 Å². The fourth-order valence-corrected chi connectivity index (χ4v) is 5.34. The lowest BCUT2D eigenvalue weighted by Crippen LogP contribution is -2.30. The van der Waals surface area contributed by atoms with E-state index >= 15 is 0 Å². The van der Waals surface area contributed by atoms with Crippen LogP contribution in [0.15, 0.2) is 119 Å². The molecule has 0 aliphatic rings. The Bertz CT molecular complexity index is 1590. The van der Waals surface area contributed by atoms with Gasteiger partial charge in [-0.25, -0.2) is 13.8 Å². The molecule has 0 unspecified atom stereocenters. The lowest BCUT2D eigenvalue weighted by Gasteiger charge is -2.22. The molecular weight excluding hydrogens is 539 g/mol. The summed E-state index contributed by atoms with van der Waals surface area (Å²) in [5.41, 5.74) is 3.72. The molecule has 0 aromatic heterocycles. The van der Waals surface area contributed by atoms with Crippen molar-refractivity contribution >= 4 is 21.6 Å². The van der Waals surface area contributed by atoms with Crippen molar-refractivity contribution in [2.45, 2.75) is 31.1 Å². The van der Waals surface area contributed by atoms with Crippen LogP contribution in [-0.4, -0.2) is 24.3 Å². The highest BCUT2D eigenvalue weighted by atomic mass is 32.2. The number of nitrogens with one attached hydrogen (secondary N) is 1. The van der Waals surface area contributed by atoms with Crippen molar-refractivity contribution in [2.24, 2.45) is 5.10 Å². The molecule has 0 spiro atoms. The summed E-state index contributed by atoms with van der Waals surface area (Å²) < 4.78 is 67.2. The number of hydrogen-bond acceptors (Lipinski definition) is 4. The lowest BCUT2D eigenvalue weighted by atomic mass is 10.1. The predicted octanol–water partition coefficient (Wildman–Crippen LogP) is 6.25. The Morgan fingerprint density at radius 2 is 1.35 bits per heavy atom. The third-order valence-corrected chi connectivity index (χ3v) is 7.90. The second-order valence-electron chi connectivity index (χ2n) is 8.99. The number of rotatable bonds is 9. The van der Waals surface area contributed by atoms with Crippen LogP contribution < -0.4 is 5.43 Å². The molecule has 0 fully saturated rings. The number of carbonyl (C=O) groups excluding carboxylic acids is 1. The first kappa shape index (κ1) is 28.7. The summed E-state index contributed by atoms with van der Waals surface area (Å²) in [5.74, 6) is -0.559. The maximum atomic E-state index is 13.4. The Kier molecular flexibility index (Phi) is 8.81. The van der Waals surface area contributed by atoms with Gasteiger partial charge in [0.1, 0.15) is 0 Å². The quantitative estimate of drug-likeness (QED) is 0.193. The predicted molar refractivity (Wildman–Crippen MR) is 147 cm³/mol. The van der Waals surface area contributed by atoms with Crippen LogP contribution in [0.5, 0.6) is 0 Å². The monoisotopic (exact) mass is 565 g/mol.